The third kappa shape index (κ3) is 1.91. The molecule has 2 rings (SSSR count). The zero-order chi connectivity index (χ0) is 13.1. The average molecular weight is 243 g/mol. The Kier molecular flexibility index (Phi) is 3.02. The Morgan fingerprint density at radius 2 is 2.28 bits per heavy atom. The monoisotopic (exact) mass is 243 g/mol. The highest BCUT2D eigenvalue weighted by atomic mass is 16.5. The van der Waals surface area contributed by atoms with Gasteiger partial charge in [-0.1, -0.05) is 0 Å². The van der Waals surface area contributed by atoms with Gasteiger partial charge < -0.3 is 4.74 Å². The van der Waals surface area contributed by atoms with Crippen LogP contribution in [0.1, 0.15) is 21.9 Å². The molecule has 0 fully saturated rings. The second-order valence-electron chi connectivity index (χ2n) is 3.41. The second kappa shape index (κ2) is 4.63. The molecule has 0 aliphatic rings. The molecular weight excluding hydrogens is 234 g/mol. The maximum atomic E-state index is 10.6. The molecule has 0 unspecified atom stereocenters. The van der Waals surface area contributed by atoms with Gasteiger partial charge in [-0.3, -0.25) is 9.36 Å². The van der Waals surface area contributed by atoms with Crippen LogP contribution in [0, 0.1) is 18.3 Å². The lowest BCUT2D eigenvalue weighted by molar-refractivity contribution is 0.111. The molecule has 0 saturated heterocycles. The first-order valence-electron chi connectivity index (χ1n) is 5.02. The number of methoxy groups -OCH3 is 1. The van der Waals surface area contributed by atoms with Crippen LogP contribution < -0.4 is 4.74 Å². The zero-order valence-electron chi connectivity index (χ0n) is 9.78. The number of imidazole rings is 1. The Morgan fingerprint density at radius 3 is 2.83 bits per heavy atom. The van der Waals surface area contributed by atoms with Gasteiger partial charge in [0.15, 0.2) is 6.29 Å². The van der Waals surface area contributed by atoms with Crippen molar-refractivity contribution in [1.82, 2.24) is 19.5 Å². The molecule has 0 radical (unpaired) electrons. The summed E-state index contributed by atoms with van der Waals surface area (Å²) in [7, 11) is 1.42. The standard InChI is InChI=1S/C11H9N5O2/c1-7-14-9(6-17)5-16(7)11-13-4-8(3-12)10(15-11)18-2/h4-6H,1-2H3. The summed E-state index contributed by atoms with van der Waals surface area (Å²) in [6, 6.07) is 1.93. The quantitative estimate of drug-likeness (QED) is 0.735. The predicted octanol–water partition coefficient (Wildman–Crippen LogP) is 0.663. The van der Waals surface area contributed by atoms with E-state index in [1.807, 2.05) is 6.07 Å². The van der Waals surface area contributed by atoms with Gasteiger partial charge in [0.1, 0.15) is 23.2 Å². The van der Waals surface area contributed by atoms with E-state index in [-0.39, 0.29) is 11.4 Å². The van der Waals surface area contributed by atoms with Crippen LogP contribution in [0.25, 0.3) is 5.95 Å². The van der Waals surface area contributed by atoms with E-state index in [0.29, 0.717) is 23.8 Å². The third-order valence-corrected chi connectivity index (χ3v) is 2.29. The van der Waals surface area contributed by atoms with Crippen LogP contribution in [-0.4, -0.2) is 32.9 Å². The summed E-state index contributed by atoms with van der Waals surface area (Å²) >= 11 is 0. The average Bonchev–Trinajstić information content (AvgIpc) is 2.79. The fraction of sp³-hybridized carbons (Fsp3) is 0.182. The van der Waals surface area contributed by atoms with Crippen LogP contribution in [0.15, 0.2) is 12.4 Å². The van der Waals surface area contributed by atoms with Gasteiger partial charge >= 0.3 is 0 Å². The number of carbonyl (C=O) groups is 1. The minimum atomic E-state index is 0.184. The molecule has 0 bridgehead atoms. The number of rotatable bonds is 3. The molecule has 0 aromatic carbocycles. The smallest absolute Gasteiger partial charge is 0.238 e. The number of aromatic nitrogens is 4. The maximum Gasteiger partial charge on any atom is 0.238 e. The Morgan fingerprint density at radius 1 is 1.50 bits per heavy atom. The van der Waals surface area contributed by atoms with Crippen molar-refractivity contribution in [3.05, 3.63) is 29.5 Å². The summed E-state index contributed by atoms with van der Waals surface area (Å²) in [4.78, 5) is 22.8. The van der Waals surface area contributed by atoms with Gasteiger partial charge in [0.2, 0.25) is 11.8 Å². The van der Waals surface area contributed by atoms with Crippen molar-refractivity contribution in [3.63, 3.8) is 0 Å². The molecule has 0 atom stereocenters. The van der Waals surface area contributed by atoms with E-state index in [2.05, 4.69) is 15.0 Å². The number of hydrogen-bond acceptors (Lipinski definition) is 6. The fourth-order valence-corrected chi connectivity index (χ4v) is 1.46. The van der Waals surface area contributed by atoms with Crippen molar-refractivity contribution in [2.45, 2.75) is 6.92 Å². The normalized spacial score (nSPS) is 9.83. The number of carbonyl (C=O) groups excluding carboxylic acids is 1. The summed E-state index contributed by atoms with van der Waals surface area (Å²) in [5.41, 5.74) is 0.536. The van der Waals surface area contributed by atoms with E-state index in [1.165, 1.54) is 19.5 Å². The molecular formula is C11H9N5O2. The first-order valence-corrected chi connectivity index (χ1v) is 5.02. The lowest BCUT2D eigenvalue weighted by Gasteiger charge is -2.05. The molecule has 0 amide bonds. The number of nitriles is 1. The summed E-state index contributed by atoms with van der Waals surface area (Å²) in [5, 5.41) is 8.83. The number of ether oxygens (including phenoxy) is 1. The topological polar surface area (TPSA) is 93.7 Å². The molecule has 7 heteroatoms. The van der Waals surface area contributed by atoms with Crippen LogP contribution >= 0.6 is 0 Å². The van der Waals surface area contributed by atoms with Crippen LogP contribution in [0.4, 0.5) is 0 Å². The van der Waals surface area contributed by atoms with E-state index in [0.717, 1.165) is 0 Å². The minimum absolute atomic E-state index is 0.184. The van der Waals surface area contributed by atoms with Gasteiger partial charge in [-0.2, -0.15) is 10.2 Å². The van der Waals surface area contributed by atoms with Crippen molar-refractivity contribution in [2.24, 2.45) is 0 Å². The van der Waals surface area contributed by atoms with Gasteiger partial charge in [0, 0.05) is 6.20 Å². The zero-order valence-corrected chi connectivity index (χ0v) is 9.78. The van der Waals surface area contributed by atoms with Crippen molar-refractivity contribution in [3.8, 4) is 17.9 Å². The summed E-state index contributed by atoms with van der Waals surface area (Å²) < 4.78 is 6.54. The van der Waals surface area contributed by atoms with E-state index >= 15 is 0 Å². The fourth-order valence-electron chi connectivity index (χ4n) is 1.46. The summed E-state index contributed by atoms with van der Waals surface area (Å²) in [6.45, 7) is 1.72. The molecule has 18 heavy (non-hydrogen) atoms. The van der Waals surface area contributed by atoms with Crippen LogP contribution in [0.2, 0.25) is 0 Å². The Balaban J connectivity index is 2.54. The van der Waals surface area contributed by atoms with Gasteiger partial charge in [0.25, 0.3) is 0 Å². The van der Waals surface area contributed by atoms with Crippen LogP contribution in [0.3, 0.4) is 0 Å². The third-order valence-electron chi connectivity index (χ3n) is 2.29. The predicted molar refractivity (Wildman–Crippen MR) is 60.5 cm³/mol. The van der Waals surface area contributed by atoms with E-state index < -0.39 is 0 Å². The Hall–Kier alpha value is -2.75. The van der Waals surface area contributed by atoms with Crippen LogP contribution in [0.5, 0.6) is 5.88 Å². The highest BCUT2D eigenvalue weighted by molar-refractivity contribution is 5.71. The highest BCUT2D eigenvalue weighted by Crippen LogP contribution is 2.15. The molecule has 2 heterocycles. The van der Waals surface area contributed by atoms with E-state index in [9.17, 15) is 4.79 Å². The first-order chi connectivity index (χ1) is 8.69. The number of aryl methyl sites for hydroxylation is 1. The molecule has 7 nitrogen and oxygen atoms in total. The van der Waals surface area contributed by atoms with Gasteiger partial charge in [-0.25, -0.2) is 9.97 Å². The van der Waals surface area contributed by atoms with Crippen molar-refractivity contribution in [1.29, 1.82) is 5.26 Å². The first kappa shape index (κ1) is 11.7. The molecule has 0 spiro atoms. The molecule has 0 aliphatic heterocycles. The highest BCUT2D eigenvalue weighted by Gasteiger charge is 2.11. The van der Waals surface area contributed by atoms with Crippen molar-refractivity contribution >= 4 is 6.29 Å². The largest absolute Gasteiger partial charge is 0.480 e. The molecule has 0 saturated carbocycles. The van der Waals surface area contributed by atoms with E-state index in [4.69, 9.17) is 10.00 Å². The maximum absolute atomic E-state index is 10.6. The molecule has 0 aliphatic carbocycles. The van der Waals surface area contributed by atoms with Gasteiger partial charge in [-0.05, 0) is 6.92 Å². The van der Waals surface area contributed by atoms with Crippen LogP contribution in [-0.2, 0) is 0 Å². The lowest BCUT2D eigenvalue weighted by Crippen LogP contribution is -2.04. The second-order valence-corrected chi connectivity index (χ2v) is 3.41. The number of nitrogens with zero attached hydrogens (tertiary/aromatic N) is 5. The van der Waals surface area contributed by atoms with E-state index in [1.54, 1.807) is 11.5 Å². The van der Waals surface area contributed by atoms with Crippen molar-refractivity contribution in [2.75, 3.05) is 7.11 Å². The summed E-state index contributed by atoms with van der Waals surface area (Å²) in [5.74, 6) is 1.05. The Bertz CT molecular complexity index is 641. The molecule has 2 aromatic rings. The summed E-state index contributed by atoms with van der Waals surface area (Å²) in [6.07, 6.45) is 3.52. The molecule has 2 aromatic heterocycles. The van der Waals surface area contributed by atoms with Gasteiger partial charge in [-0.15, -0.1) is 0 Å². The number of aldehydes is 1. The van der Waals surface area contributed by atoms with Gasteiger partial charge in [0.05, 0.1) is 13.3 Å². The minimum Gasteiger partial charge on any atom is -0.480 e. The molecule has 0 N–H and O–H groups in total. The number of hydrogen-bond donors (Lipinski definition) is 0. The van der Waals surface area contributed by atoms with Crippen molar-refractivity contribution < 1.29 is 9.53 Å². The Labute approximate surface area is 103 Å². The SMILES string of the molecule is COc1nc(-n2cc(C=O)nc2C)ncc1C#N. The lowest BCUT2D eigenvalue weighted by atomic mass is 10.3. The molecule has 90 valence electrons.